The standard InChI is InChI=1S/C12H20N2OS/c1-9(12-13-6-7-16-12)8-14-10-2-4-11(15)5-3-10/h6-7,9-11,14-15H,2-5,8H2,1H3. The van der Waals surface area contributed by atoms with Crippen LogP contribution in [-0.4, -0.2) is 28.8 Å². The number of hydrogen-bond acceptors (Lipinski definition) is 4. The summed E-state index contributed by atoms with van der Waals surface area (Å²) in [5.41, 5.74) is 0. The molecule has 0 aromatic carbocycles. The quantitative estimate of drug-likeness (QED) is 0.847. The molecule has 1 fully saturated rings. The highest BCUT2D eigenvalue weighted by Crippen LogP contribution is 2.20. The van der Waals surface area contributed by atoms with Crippen LogP contribution in [0.3, 0.4) is 0 Å². The third kappa shape index (κ3) is 3.27. The van der Waals surface area contributed by atoms with E-state index >= 15 is 0 Å². The van der Waals surface area contributed by atoms with Gasteiger partial charge in [0.25, 0.3) is 0 Å². The Hall–Kier alpha value is -0.450. The Kier molecular flexibility index (Phi) is 4.32. The molecule has 0 radical (unpaired) electrons. The molecule has 2 rings (SSSR count). The zero-order valence-corrected chi connectivity index (χ0v) is 10.5. The second-order valence-electron chi connectivity index (χ2n) is 4.69. The van der Waals surface area contributed by atoms with E-state index in [1.807, 2.05) is 11.6 Å². The molecule has 0 spiro atoms. The zero-order valence-electron chi connectivity index (χ0n) is 9.72. The van der Waals surface area contributed by atoms with Gasteiger partial charge in [0, 0.05) is 30.1 Å². The first-order chi connectivity index (χ1) is 7.75. The van der Waals surface area contributed by atoms with Crippen molar-refractivity contribution < 1.29 is 5.11 Å². The Bertz CT molecular complexity index is 294. The Labute approximate surface area is 101 Å². The van der Waals surface area contributed by atoms with Gasteiger partial charge in [-0.2, -0.15) is 0 Å². The van der Waals surface area contributed by atoms with Gasteiger partial charge in [-0.3, -0.25) is 0 Å². The van der Waals surface area contributed by atoms with E-state index in [1.165, 1.54) is 5.01 Å². The molecule has 1 saturated carbocycles. The summed E-state index contributed by atoms with van der Waals surface area (Å²) in [5, 5.41) is 16.2. The second-order valence-corrected chi connectivity index (χ2v) is 5.61. The summed E-state index contributed by atoms with van der Waals surface area (Å²) < 4.78 is 0. The number of nitrogens with one attached hydrogen (secondary N) is 1. The topological polar surface area (TPSA) is 45.1 Å². The number of aliphatic hydroxyl groups excluding tert-OH is 1. The van der Waals surface area contributed by atoms with E-state index in [0.29, 0.717) is 12.0 Å². The first kappa shape index (κ1) is 12.0. The van der Waals surface area contributed by atoms with Crippen LogP contribution in [0.2, 0.25) is 0 Å². The molecule has 1 heterocycles. The minimum atomic E-state index is -0.0607. The molecule has 4 heteroatoms. The van der Waals surface area contributed by atoms with Gasteiger partial charge in [-0.05, 0) is 25.7 Å². The fraction of sp³-hybridized carbons (Fsp3) is 0.750. The van der Waals surface area contributed by atoms with Gasteiger partial charge in [0.1, 0.15) is 0 Å². The van der Waals surface area contributed by atoms with Crippen molar-refractivity contribution in [3.63, 3.8) is 0 Å². The van der Waals surface area contributed by atoms with Crippen molar-refractivity contribution >= 4 is 11.3 Å². The van der Waals surface area contributed by atoms with Gasteiger partial charge in [0.05, 0.1) is 11.1 Å². The fourth-order valence-electron chi connectivity index (χ4n) is 2.19. The first-order valence-electron chi connectivity index (χ1n) is 6.06. The van der Waals surface area contributed by atoms with E-state index in [4.69, 9.17) is 0 Å². The molecular formula is C12H20N2OS. The van der Waals surface area contributed by atoms with Crippen molar-refractivity contribution in [3.8, 4) is 0 Å². The van der Waals surface area contributed by atoms with Crippen molar-refractivity contribution in [1.29, 1.82) is 0 Å². The van der Waals surface area contributed by atoms with Crippen LogP contribution in [0.5, 0.6) is 0 Å². The van der Waals surface area contributed by atoms with Crippen molar-refractivity contribution in [2.24, 2.45) is 0 Å². The summed E-state index contributed by atoms with van der Waals surface area (Å²) in [6.45, 7) is 3.21. The molecule has 1 aromatic rings. The summed E-state index contributed by atoms with van der Waals surface area (Å²) in [6, 6.07) is 0.589. The Morgan fingerprint density at radius 3 is 2.88 bits per heavy atom. The van der Waals surface area contributed by atoms with Crippen LogP contribution in [-0.2, 0) is 0 Å². The maximum absolute atomic E-state index is 9.42. The lowest BCUT2D eigenvalue weighted by Gasteiger charge is -2.27. The average molecular weight is 240 g/mol. The zero-order chi connectivity index (χ0) is 11.4. The lowest BCUT2D eigenvalue weighted by molar-refractivity contribution is 0.116. The first-order valence-corrected chi connectivity index (χ1v) is 6.94. The lowest BCUT2D eigenvalue weighted by atomic mass is 9.93. The van der Waals surface area contributed by atoms with E-state index in [9.17, 15) is 5.11 Å². The fourth-order valence-corrected chi connectivity index (χ4v) is 2.89. The third-order valence-electron chi connectivity index (χ3n) is 3.28. The predicted octanol–water partition coefficient (Wildman–Crippen LogP) is 2.14. The molecule has 0 bridgehead atoms. The molecule has 1 aliphatic carbocycles. The third-order valence-corrected chi connectivity index (χ3v) is 4.29. The molecule has 0 amide bonds. The lowest BCUT2D eigenvalue weighted by Crippen LogP contribution is -2.36. The van der Waals surface area contributed by atoms with Gasteiger partial charge in [0.15, 0.2) is 0 Å². The summed E-state index contributed by atoms with van der Waals surface area (Å²) in [5.74, 6) is 0.492. The van der Waals surface area contributed by atoms with Crippen LogP contribution in [0.1, 0.15) is 43.5 Å². The average Bonchev–Trinajstić information content (AvgIpc) is 2.81. The molecule has 1 unspecified atom stereocenters. The monoisotopic (exact) mass is 240 g/mol. The van der Waals surface area contributed by atoms with Gasteiger partial charge in [-0.1, -0.05) is 6.92 Å². The van der Waals surface area contributed by atoms with Gasteiger partial charge in [-0.25, -0.2) is 4.98 Å². The predicted molar refractivity (Wildman–Crippen MR) is 66.8 cm³/mol. The largest absolute Gasteiger partial charge is 0.393 e. The molecule has 16 heavy (non-hydrogen) atoms. The number of thiazole rings is 1. The van der Waals surface area contributed by atoms with Gasteiger partial charge < -0.3 is 10.4 Å². The van der Waals surface area contributed by atoms with E-state index in [1.54, 1.807) is 11.3 Å². The maximum atomic E-state index is 9.42. The highest BCUT2D eigenvalue weighted by molar-refractivity contribution is 7.09. The molecule has 0 aliphatic heterocycles. The number of nitrogens with zero attached hydrogens (tertiary/aromatic N) is 1. The molecule has 0 saturated heterocycles. The summed E-state index contributed by atoms with van der Waals surface area (Å²) in [7, 11) is 0. The van der Waals surface area contributed by atoms with Crippen LogP contribution < -0.4 is 5.32 Å². The molecule has 2 N–H and O–H groups in total. The summed E-state index contributed by atoms with van der Waals surface area (Å²) in [6.07, 6.45) is 5.91. The molecule has 1 aliphatic rings. The van der Waals surface area contributed by atoms with Crippen LogP contribution in [0.15, 0.2) is 11.6 Å². The van der Waals surface area contributed by atoms with Crippen molar-refractivity contribution in [2.75, 3.05) is 6.54 Å². The minimum Gasteiger partial charge on any atom is -0.393 e. The van der Waals surface area contributed by atoms with Crippen LogP contribution in [0, 0.1) is 0 Å². The highest BCUT2D eigenvalue weighted by atomic mass is 32.1. The molecule has 90 valence electrons. The number of aromatic nitrogens is 1. The van der Waals surface area contributed by atoms with Crippen molar-refractivity contribution in [1.82, 2.24) is 10.3 Å². The van der Waals surface area contributed by atoms with Gasteiger partial charge in [0.2, 0.25) is 0 Å². The maximum Gasteiger partial charge on any atom is 0.0965 e. The molecular weight excluding hydrogens is 220 g/mol. The van der Waals surface area contributed by atoms with Crippen LogP contribution >= 0.6 is 11.3 Å². The Morgan fingerprint density at radius 1 is 1.50 bits per heavy atom. The van der Waals surface area contributed by atoms with Crippen molar-refractivity contribution in [2.45, 2.75) is 50.7 Å². The number of hydrogen-bond donors (Lipinski definition) is 2. The smallest absolute Gasteiger partial charge is 0.0965 e. The van der Waals surface area contributed by atoms with Crippen LogP contribution in [0.4, 0.5) is 0 Å². The highest BCUT2D eigenvalue weighted by Gasteiger charge is 2.19. The Balaban J connectivity index is 1.71. The normalized spacial score (nSPS) is 27.9. The second kappa shape index (κ2) is 5.75. The number of rotatable bonds is 4. The van der Waals surface area contributed by atoms with E-state index in [0.717, 1.165) is 32.2 Å². The Morgan fingerprint density at radius 2 is 2.25 bits per heavy atom. The number of aliphatic hydroxyl groups is 1. The van der Waals surface area contributed by atoms with E-state index in [2.05, 4.69) is 17.2 Å². The van der Waals surface area contributed by atoms with Gasteiger partial charge in [-0.15, -0.1) is 11.3 Å². The molecule has 1 atom stereocenters. The summed E-state index contributed by atoms with van der Waals surface area (Å²) in [4.78, 5) is 4.33. The SMILES string of the molecule is CC(CNC1CCC(O)CC1)c1nccs1. The van der Waals surface area contributed by atoms with E-state index < -0.39 is 0 Å². The van der Waals surface area contributed by atoms with Crippen LogP contribution in [0.25, 0.3) is 0 Å². The molecule has 1 aromatic heterocycles. The van der Waals surface area contributed by atoms with E-state index in [-0.39, 0.29) is 6.10 Å². The summed E-state index contributed by atoms with van der Waals surface area (Å²) >= 11 is 1.73. The van der Waals surface area contributed by atoms with Crippen molar-refractivity contribution in [3.05, 3.63) is 16.6 Å². The van der Waals surface area contributed by atoms with Gasteiger partial charge >= 0.3 is 0 Å². The molecule has 3 nitrogen and oxygen atoms in total. The minimum absolute atomic E-state index is 0.0607.